The van der Waals surface area contributed by atoms with E-state index >= 15 is 0 Å². The summed E-state index contributed by atoms with van der Waals surface area (Å²) in [6.45, 7) is -0.232. The van der Waals surface area contributed by atoms with Crippen molar-refractivity contribution in [3.8, 4) is 0 Å². The lowest BCUT2D eigenvalue weighted by Gasteiger charge is -2.14. The Morgan fingerprint density at radius 1 is 1.35 bits per heavy atom. The van der Waals surface area contributed by atoms with Gasteiger partial charge in [-0.1, -0.05) is 18.2 Å². The molecule has 1 aliphatic rings. The van der Waals surface area contributed by atoms with Gasteiger partial charge < -0.3 is 21.6 Å². The van der Waals surface area contributed by atoms with Gasteiger partial charge >= 0.3 is 5.97 Å². The first-order chi connectivity index (χ1) is 9.11. The average molecular weight is 278 g/mol. The summed E-state index contributed by atoms with van der Waals surface area (Å²) in [7, 11) is 0. The highest BCUT2D eigenvalue weighted by atomic mass is 16.4. The minimum Gasteiger partial charge on any atom is -0.480 e. The average Bonchev–Trinajstić information content (AvgIpc) is 2.81. The molecule has 1 aromatic rings. The van der Waals surface area contributed by atoms with Crippen molar-refractivity contribution in [2.24, 2.45) is 5.73 Å². The van der Waals surface area contributed by atoms with E-state index in [1.807, 2.05) is 24.3 Å². The molecule has 1 aliphatic heterocycles. The molecular weight excluding hydrogens is 262 g/mol. The summed E-state index contributed by atoms with van der Waals surface area (Å²) in [5.41, 5.74) is 7.67. The van der Waals surface area contributed by atoms with Gasteiger partial charge in [-0.05, 0) is 11.6 Å². The number of nitrogens with zero attached hydrogens (tertiary/aromatic N) is 1. The Kier molecular flexibility index (Phi) is 5.24. The smallest absolute Gasteiger partial charge is 0.326 e. The van der Waals surface area contributed by atoms with Crippen molar-refractivity contribution in [2.45, 2.75) is 12.5 Å². The molecule has 0 bridgehead atoms. The number of para-hydroxylation sites is 1. The van der Waals surface area contributed by atoms with Gasteiger partial charge in [0.2, 0.25) is 5.91 Å². The molecule has 20 heavy (non-hydrogen) atoms. The van der Waals surface area contributed by atoms with Crippen molar-refractivity contribution in [1.29, 1.82) is 0 Å². The number of fused-ring (bicyclic) bond motifs is 1. The summed E-state index contributed by atoms with van der Waals surface area (Å²) in [6.07, 6.45) is 1.82. The van der Waals surface area contributed by atoms with Crippen LogP contribution in [-0.2, 0) is 9.59 Å². The lowest BCUT2D eigenvalue weighted by molar-refractivity contribution is -0.141. The lowest BCUT2D eigenvalue weighted by Crippen LogP contribution is -2.43. The van der Waals surface area contributed by atoms with Crippen LogP contribution in [0.3, 0.4) is 0 Å². The fourth-order valence-corrected chi connectivity index (χ4v) is 1.91. The maximum Gasteiger partial charge on any atom is 0.326 e. The molecule has 1 heterocycles. The second-order valence-electron chi connectivity index (χ2n) is 4.17. The van der Waals surface area contributed by atoms with Gasteiger partial charge in [-0.15, -0.1) is 0 Å². The Bertz CT molecular complexity index is 542. The van der Waals surface area contributed by atoms with Crippen molar-refractivity contribution in [3.05, 3.63) is 36.0 Å². The summed E-state index contributed by atoms with van der Waals surface area (Å²) in [5.74, 6) is -1.58. The zero-order valence-electron chi connectivity index (χ0n) is 10.7. The summed E-state index contributed by atoms with van der Waals surface area (Å²) in [6, 6.07) is 6.46. The van der Waals surface area contributed by atoms with Crippen molar-refractivity contribution in [2.75, 3.05) is 6.54 Å². The van der Waals surface area contributed by atoms with E-state index in [1.54, 1.807) is 6.20 Å². The Morgan fingerprint density at radius 3 is 2.70 bits per heavy atom. The number of carboxylic acid groups (broad SMARTS) is 1. The third-order valence-corrected chi connectivity index (χ3v) is 2.85. The largest absolute Gasteiger partial charge is 0.480 e. The number of benzene rings is 1. The van der Waals surface area contributed by atoms with E-state index in [1.165, 1.54) is 0 Å². The molecule has 0 unspecified atom stereocenters. The zero-order valence-corrected chi connectivity index (χ0v) is 10.7. The molecule has 7 nitrogen and oxygen atoms in total. The number of carboxylic acids is 1. The molecule has 0 spiro atoms. The van der Waals surface area contributed by atoms with Gasteiger partial charge in [0, 0.05) is 18.2 Å². The lowest BCUT2D eigenvalue weighted by atomic mass is 10.00. The summed E-state index contributed by atoms with van der Waals surface area (Å²) in [4.78, 5) is 22.3. The minimum absolute atomic E-state index is 0. The maximum absolute atomic E-state index is 11.2. The van der Waals surface area contributed by atoms with E-state index in [4.69, 9.17) is 10.8 Å². The van der Waals surface area contributed by atoms with Gasteiger partial charge in [0.1, 0.15) is 6.04 Å². The number of rotatable bonds is 5. The quantitative estimate of drug-likeness (QED) is 0.660. The van der Waals surface area contributed by atoms with Gasteiger partial charge in [0.15, 0.2) is 0 Å². The van der Waals surface area contributed by atoms with Gasteiger partial charge in [0.25, 0.3) is 0 Å². The van der Waals surface area contributed by atoms with Crippen LogP contribution < -0.4 is 16.4 Å². The Balaban J connectivity index is 0.00000200. The molecule has 0 aliphatic carbocycles. The molecule has 107 valence electrons. The van der Waals surface area contributed by atoms with Gasteiger partial charge in [-0.25, -0.2) is 4.79 Å². The van der Waals surface area contributed by atoms with E-state index < -0.39 is 17.9 Å². The molecular formula is C13H16N3O4. The highest BCUT2D eigenvalue weighted by molar-refractivity contribution is 5.88. The predicted molar refractivity (Wildman–Crippen MR) is 73.1 cm³/mol. The van der Waals surface area contributed by atoms with E-state index in [2.05, 4.69) is 10.6 Å². The van der Waals surface area contributed by atoms with Crippen molar-refractivity contribution in [1.82, 2.24) is 10.6 Å². The van der Waals surface area contributed by atoms with Gasteiger partial charge in [0.05, 0.1) is 12.2 Å². The minimum atomic E-state index is -1.09. The van der Waals surface area contributed by atoms with Crippen molar-refractivity contribution >= 4 is 23.1 Å². The van der Waals surface area contributed by atoms with Gasteiger partial charge in [-0.2, -0.15) is 0 Å². The molecule has 1 amide bonds. The number of hydrogen-bond acceptors (Lipinski definition) is 3. The monoisotopic (exact) mass is 278 g/mol. The third kappa shape index (κ3) is 3.34. The Morgan fingerprint density at radius 2 is 2.05 bits per heavy atom. The first-order valence-electron chi connectivity index (χ1n) is 5.83. The van der Waals surface area contributed by atoms with Crippen LogP contribution in [0.5, 0.6) is 0 Å². The molecule has 0 fully saturated rings. The summed E-state index contributed by atoms with van der Waals surface area (Å²) >= 11 is 0. The molecule has 6 N–H and O–H groups in total. The molecule has 7 heteroatoms. The molecule has 1 atom stereocenters. The van der Waals surface area contributed by atoms with Gasteiger partial charge in [-0.3, -0.25) is 10.1 Å². The SMILES string of the molecule is NCC(=O)N[C@@H](CC1=C[N]c2ccccc21)C(=O)O.O. The predicted octanol–water partition coefficient (Wildman–Crippen LogP) is -0.630. The Labute approximate surface area is 115 Å². The number of carbonyl (C=O) groups is 2. The molecule has 1 aromatic carbocycles. The summed E-state index contributed by atoms with van der Waals surface area (Å²) in [5, 5.41) is 15.7. The number of nitrogens with two attached hydrogens (primary N) is 1. The molecule has 1 radical (unpaired) electrons. The first kappa shape index (κ1) is 15.7. The maximum atomic E-state index is 11.2. The second-order valence-corrected chi connectivity index (χ2v) is 4.17. The molecule has 2 rings (SSSR count). The first-order valence-corrected chi connectivity index (χ1v) is 5.83. The van der Waals surface area contributed by atoms with E-state index in [0.717, 1.165) is 16.8 Å². The second kappa shape index (κ2) is 6.69. The van der Waals surface area contributed by atoms with Crippen LogP contribution in [-0.4, -0.2) is 35.0 Å². The molecule has 0 aromatic heterocycles. The van der Waals surface area contributed by atoms with Crippen molar-refractivity contribution < 1.29 is 20.2 Å². The summed E-state index contributed by atoms with van der Waals surface area (Å²) < 4.78 is 0. The number of amides is 1. The fraction of sp³-hybridized carbons (Fsp3) is 0.231. The van der Waals surface area contributed by atoms with E-state index in [9.17, 15) is 9.59 Å². The number of nitrogens with one attached hydrogen (secondary N) is 1. The highest BCUT2D eigenvalue weighted by Crippen LogP contribution is 2.32. The third-order valence-electron chi connectivity index (χ3n) is 2.85. The van der Waals surface area contributed by atoms with Crippen LogP contribution in [0.2, 0.25) is 0 Å². The standard InChI is InChI=1S/C13H14N3O3.H2O/c14-6-12(17)16-11(13(18)19)5-8-7-15-10-4-2-1-3-9(8)10;/h1-4,7,11H,5-6,14H2,(H,16,17)(H,18,19);1H2/t11-;/m0./s1. The normalized spacial score (nSPS) is 13.3. The van der Waals surface area contributed by atoms with Crippen LogP contribution in [0.4, 0.5) is 5.69 Å². The van der Waals surface area contributed by atoms with Crippen LogP contribution in [0.15, 0.2) is 30.5 Å². The van der Waals surface area contributed by atoms with Crippen LogP contribution >= 0.6 is 0 Å². The molecule has 0 saturated heterocycles. The Hall–Kier alpha value is -2.38. The number of aliphatic carboxylic acids is 1. The van der Waals surface area contributed by atoms with Crippen molar-refractivity contribution in [3.63, 3.8) is 0 Å². The fourth-order valence-electron chi connectivity index (χ4n) is 1.91. The highest BCUT2D eigenvalue weighted by Gasteiger charge is 2.24. The van der Waals surface area contributed by atoms with Crippen LogP contribution in [0.25, 0.3) is 5.57 Å². The zero-order chi connectivity index (χ0) is 13.8. The number of hydrogen-bond donors (Lipinski definition) is 3. The molecule has 0 saturated carbocycles. The number of carbonyl (C=O) groups excluding carboxylic acids is 1. The van der Waals surface area contributed by atoms with Crippen LogP contribution in [0.1, 0.15) is 12.0 Å². The topological polar surface area (TPSA) is 138 Å². The van der Waals surface area contributed by atoms with Crippen LogP contribution in [0, 0.1) is 0 Å². The van der Waals surface area contributed by atoms with E-state index in [-0.39, 0.29) is 18.4 Å². The van der Waals surface area contributed by atoms with E-state index in [0.29, 0.717) is 0 Å².